The summed E-state index contributed by atoms with van der Waals surface area (Å²) in [6, 6.07) is 32.4. The van der Waals surface area contributed by atoms with Crippen LogP contribution >= 0.6 is 11.8 Å². The Morgan fingerprint density at radius 3 is 1.69 bits per heavy atom. The summed E-state index contributed by atoms with van der Waals surface area (Å²) < 4.78 is 0.279. The lowest BCUT2D eigenvalue weighted by Crippen LogP contribution is -2.19. The topological polar surface area (TPSA) is 63.4 Å². The molecule has 5 rings (SSSR count). The Morgan fingerprint density at radius 2 is 1.19 bits per heavy atom. The van der Waals surface area contributed by atoms with Crippen molar-refractivity contribution in [3.8, 4) is 33.9 Å². The summed E-state index contributed by atoms with van der Waals surface area (Å²) in [6.45, 7) is 6.94. The van der Waals surface area contributed by atoms with Crippen LogP contribution in [0, 0.1) is 0 Å². The van der Waals surface area contributed by atoms with Gasteiger partial charge < -0.3 is 0 Å². The molecule has 1 unspecified atom stereocenters. The summed E-state index contributed by atoms with van der Waals surface area (Å²) in [5.74, 6) is 0. The maximum absolute atomic E-state index is 4.87. The number of unbranched alkanes of at least 4 members (excludes halogenated alkanes) is 1. The first-order valence-corrected chi connectivity index (χ1v) is 15.5. The Labute approximate surface area is 253 Å². The van der Waals surface area contributed by atoms with Crippen LogP contribution in [-0.2, 0) is 0 Å². The van der Waals surface area contributed by atoms with Crippen molar-refractivity contribution in [2.45, 2.75) is 62.5 Å². The summed E-state index contributed by atoms with van der Waals surface area (Å²) >= 11 is 1.99. The predicted octanol–water partition coefficient (Wildman–Crippen LogP) is 11.1. The largest absolute Gasteiger partial charge is 0.255 e. The summed E-state index contributed by atoms with van der Waals surface area (Å²) in [5, 5.41) is 9.00. The SMILES string of the molecule is CCCCC(C)(CCC)Sc1ccc(/N=N/c2ccc(-c3cc(-c4ccccn4)nc(-c4ccccn4)c3)cc2)cc1. The van der Waals surface area contributed by atoms with Gasteiger partial charge in [-0.1, -0.05) is 64.3 Å². The molecule has 5 nitrogen and oxygen atoms in total. The van der Waals surface area contributed by atoms with Crippen LogP contribution in [-0.4, -0.2) is 19.7 Å². The van der Waals surface area contributed by atoms with Crippen LogP contribution in [0.1, 0.15) is 52.9 Å². The predicted molar refractivity (Wildman–Crippen MR) is 175 cm³/mol. The quantitative estimate of drug-likeness (QED) is 0.110. The molecule has 0 aliphatic heterocycles. The van der Waals surface area contributed by atoms with E-state index in [0.717, 1.165) is 45.3 Å². The van der Waals surface area contributed by atoms with Crippen molar-refractivity contribution >= 4 is 23.1 Å². The van der Waals surface area contributed by atoms with Gasteiger partial charge in [0.25, 0.3) is 0 Å². The van der Waals surface area contributed by atoms with E-state index in [1.165, 1.54) is 37.0 Å². The fourth-order valence-corrected chi connectivity index (χ4v) is 6.39. The van der Waals surface area contributed by atoms with Crippen molar-refractivity contribution in [2.75, 3.05) is 0 Å². The van der Waals surface area contributed by atoms with E-state index in [1.807, 2.05) is 60.3 Å². The average molecular weight is 572 g/mol. The van der Waals surface area contributed by atoms with Gasteiger partial charge in [0.2, 0.25) is 0 Å². The molecule has 3 heterocycles. The fourth-order valence-electron chi connectivity index (χ4n) is 5.00. The molecule has 0 amide bonds. The fraction of sp³-hybridized carbons (Fsp3) is 0.250. The smallest absolute Gasteiger partial charge is 0.0900 e. The molecular formula is C36H37N5S. The summed E-state index contributed by atoms with van der Waals surface area (Å²) in [6.07, 6.45) is 9.75. The van der Waals surface area contributed by atoms with E-state index in [0.29, 0.717) is 0 Å². The van der Waals surface area contributed by atoms with Gasteiger partial charge in [-0.2, -0.15) is 10.2 Å². The van der Waals surface area contributed by atoms with Gasteiger partial charge in [0.1, 0.15) is 0 Å². The van der Waals surface area contributed by atoms with Gasteiger partial charge in [-0.15, -0.1) is 11.8 Å². The van der Waals surface area contributed by atoms with E-state index in [1.54, 1.807) is 12.4 Å². The maximum Gasteiger partial charge on any atom is 0.0900 e. The Balaban J connectivity index is 1.33. The molecule has 0 spiro atoms. The first kappa shape index (κ1) is 29.3. The van der Waals surface area contributed by atoms with Crippen LogP contribution in [0.2, 0.25) is 0 Å². The summed E-state index contributed by atoms with van der Waals surface area (Å²) in [7, 11) is 0. The van der Waals surface area contributed by atoms with E-state index in [4.69, 9.17) is 4.98 Å². The third-order valence-electron chi connectivity index (χ3n) is 7.20. The highest BCUT2D eigenvalue weighted by Crippen LogP contribution is 2.40. The van der Waals surface area contributed by atoms with Crippen molar-refractivity contribution < 1.29 is 0 Å². The van der Waals surface area contributed by atoms with Crippen LogP contribution in [0.5, 0.6) is 0 Å². The minimum Gasteiger partial charge on any atom is -0.255 e. The van der Waals surface area contributed by atoms with E-state index in [-0.39, 0.29) is 4.75 Å². The second-order valence-electron chi connectivity index (χ2n) is 10.7. The van der Waals surface area contributed by atoms with Crippen LogP contribution in [0.3, 0.4) is 0 Å². The lowest BCUT2D eigenvalue weighted by molar-refractivity contribution is 0.511. The van der Waals surface area contributed by atoms with Crippen molar-refractivity contribution in [3.63, 3.8) is 0 Å². The van der Waals surface area contributed by atoms with E-state index >= 15 is 0 Å². The van der Waals surface area contributed by atoms with Crippen molar-refractivity contribution in [2.24, 2.45) is 10.2 Å². The van der Waals surface area contributed by atoms with Crippen LogP contribution < -0.4 is 0 Å². The first-order chi connectivity index (χ1) is 20.5. The second-order valence-corrected chi connectivity index (χ2v) is 12.4. The molecule has 0 bridgehead atoms. The number of nitrogens with zero attached hydrogens (tertiary/aromatic N) is 5. The van der Waals surface area contributed by atoms with Crippen LogP contribution in [0.4, 0.5) is 11.4 Å². The number of rotatable bonds is 12. The minimum atomic E-state index is 0.279. The summed E-state index contributed by atoms with van der Waals surface area (Å²) in [4.78, 5) is 15.2. The van der Waals surface area contributed by atoms with Crippen molar-refractivity contribution in [3.05, 3.63) is 109 Å². The second kappa shape index (κ2) is 14.1. The zero-order valence-electron chi connectivity index (χ0n) is 24.6. The molecule has 0 fully saturated rings. The molecule has 0 N–H and O–H groups in total. The number of benzene rings is 2. The molecule has 0 saturated heterocycles. The number of aromatic nitrogens is 3. The van der Waals surface area contributed by atoms with Crippen LogP contribution in [0.15, 0.2) is 125 Å². The molecule has 5 aromatic rings. The van der Waals surface area contributed by atoms with Crippen molar-refractivity contribution in [1.82, 2.24) is 15.0 Å². The highest BCUT2D eigenvalue weighted by atomic mass is 32.2. The Morgan fingerprint density at radius 1 is 0.619 bits per heavy atom. The molecule has 0 saturated carbocycles. The minimum absolute atomic E-state index is 0.279. The molecule has 2 aromatic carbocycles. The number of hydrogen-bond acceptors (Lipinski definition) is 6. The monoisotopic (exact) mass is 571 g/mol. The molecule has 42 heavy (non-hydrogen) atoms. The molecule has 212 valence electrons. The number of azo groups is 1. The molecule has 0 aliphatic rings. The Bertz CT molecular complexity index is 1530. The lowest BCUT2D eigenvalue weighted by Gasteiger charge is -2.28. The van der Waals surface area contributed by atoms with Crippen molar-refractivity contribution in [1.29, 1.82) is 0 Å². The van der Waals surface area contributed by atoms with Gasteiger partial charge in [0.05, 0.1) is 34.2 Å². The first-order valence-electron chi connectivity index (χ1n) is 14.7. The Hall–Kier alpha value is -4.16. The third-order valence-corrected chi connectivity index (χ3v) is 8.61. The van der Waals surface area contributed by atoms with Gasteiger partial charge in [0.15, 0.2) is 0 Å². The van der Waals surface area contributed by atoms with Gasteiger partial charge in [-0.25, -0.2) is 4.98 Å². The normalized spacial score (nSPS) is 12.8. The number of pyridine rings is 3. The molecule has 0 aliphatic carbocycles. The molecule has 1 atom stereocenters. The van der Waals surface area contributed by atoms with Gasteiger partial charge >= 0.3 is 0 Å². The highest BCUT2D eigenvalue weighted by Gasteiger charge is 2.24. The lowest BCUT2D eigenvalue weighted by atomic mass is 9.98. The van der Waals surface area contributed by atoms with E-state index < -0.39 is 0 Å². The maximum atomic E-state index is 4.87. The van der Waals surface area contributed by atoms with Gasteiger partial charge in [-0.3, -0.25) is 9.97 Å². The molecular weight excluding hydrogens is 534 g/mol. The highest BCUT2D eigenvalue weighted by molar-refractivity contribution is 8.00. The van der Waals surface area contributed by atoms with Crippen LogP contribution in [0.25, 0.3) is 33.9 Å². The molecule has 6 heteroatoms. The average Bonchev–Trinajstić information content (AvgIpc) is 3.04. The summed E-state index contributed by atoms with van der Waals surface area (Å²) in [5.41, 5.74) is 7.00. The molecule has 3 aromatic heterocycles. The van der Waals surface area contributed by atoms with Gasteiger partial charge in [0, 0.05) is 22.0 Å². The number of thioether (sulfide) groups is 1. The number of hydrogen-bond donors (Lipinski definition) is 0. The standard InChI is InChI=1S/C36H37N5S/c1-4-6-22-36(3,21-5-2)42-31-19-17-30(18-20-31)41-40-29-15-13-27(14-16-29)28-25-34(32-11-7-9-23-37-32)39-35(26-28)33-12-8-10-24-38-33/h7-20,23-26H,4-6,21-22H2,1-3H3/b41-40+. The zero-order valence-corrected chi connectivity index (χ0v) is 25.4. The van der Waals surface area contributed by atoms with Gasteiger partial charge in [-0.05, 0) is 96.8 Å². The van der Waals surface area contributed by atoms with E-state index in [9.17, 15) is 0 Å². The Kier molecular flexibility index (Phi) is 9.88. The van der Waals surface area contributed by atoms with E-state index in [2.05, 4.69) is 89.5 Å². The molecule has 0 radical (unpaired) electrons. The third kappa shape index (κ3) is 7.77. The zero-order chi connectivity index (χ0) is 29.2.